The molecule has 3 aromatic rings. The van der Waals surface area contributed by atoms with E-state index in [9.17, 15) is 18.0 Å². The Hall–Kier alpha value is -2.95. The molecule has 0 radical (unpaired) electrons. The van der Waals surface area contributed by atoms with Crippen molar-refractivity contribution in [3.05, 3.63) is 77.1 Å². The molecular weight excluding hydrogens is 472 g/mol. The van der Waals surface area contributed by atoms with Gasteiger partial charge in [0.15, 0.2) is 5.16 Å². The number of amides is 1. The predicted octanol–water partition coefficient (Wildman–Crippen LogP) is 2.52. The molecular formula is C24H26N4O4S2. The number of benzene rings is 2. The first-order chi connectivity index (χ1) is 16.3. The molecule has 0 spiro atoms. The number of hydrogen-bond acceptors (Lipinski definition) is 6. The maximum atomic E-state index is 12.9. The van der Waals surface area contributed by atoms with Crippen LogP contribution in [-0.4, -0.2) is 65.0 Å². The Bertz CT molecular complexity index is 1380. The molecule has 1 aromatic heterocycles. The summed E-state index contributed by atoms with van der Waals surface area (Å²) in [6.07, 6.45) is 1.62. The van der Waals surface area contributed by atoms with Crippen molar-refractivity contribution < 1.29 is 13.2 Å². The fraction of sp³-hybridized carbons (Fsp3) is 0.292. The highest BCUT2D eigenvalue weighted by Gasteiger charge is 2.30. The maximum Gasteiger partial charge on any atom is 0.262 e. The minimum Gasteiger partial charge on any atom is -0.339 e. The number of piperazine rings is 1. The second kappa shape index (κ2) is 10.1. The molecule has 8 nitrogen and oxygen atoms in total. The molecule has 34 heavy (non-hydrogen) atoms. The van der Waals surface area contributed by atoms with Gasteiger partial charge in [-0.1, -0.05) is 47.7 Å². The number of carbonyl (C=O) groups is 1. The minimum absolute atomic E-state index is 0.104. The van der Waals surface area contributed by atoms with Crippen molar-refractivity contribution in [2.45, 2.75) is 23.5 Å². The lowest BCUT2D eigenvalue weighted by Crippen LogP contribution is -2.51. The molecule has 1 aliphatic rings. The lowest BCUT2D eigenvalue weighted by atomic mass is 10.2. The van der Waals surface area contributed by atoms with Crippen LogP contribution in [0, 0.1) is 6.92 Å². The van der Waals surface area contributed by atoms with Gasteiger partial charge < -0.3 is 4.90 Å². The average molecular weight is 499 g/mol. The van der Waals surface area contributed by atoms with Gasteiger partial charge in [-0.2, -0.15) is 4.31 Å². The van der Waals surface area contributed by atoms with E-state index in [1.807, 2.05) is 13.0 Å². The van der Waals surface area contributed by atoms with E-state index in [0.29, 0.717) is 35.7 Å². The Balaban J connectivity index is 1.42. The van der Waals surface area contributed by atoms with Crippen LogP contribution in [0.2, 0.25) is 0 Å². The second-order valence-corrected chi connectivity index (χ2v) is 10.9. The summed E-state index contributed by atoms with van der Waals surface area (Å²) in [5.41, 5.74) is 1.40. The molecule has 2 aromatic carbocycles. The van der Waals surface area contributed by atoms with Gasteiger partial charge in [0.2, 0.25) is 15.9 Å². The highest BCUT2D eigenvalue weighted by molar-refractivity contribution is 7.99. The Morgan fingerprint density at radius 1 is 1.09 bits per heavy atom. The summed E-state index contributed by atoms with van der Waals surface area (Å²) in [6, 6.07) is 13.9. The largest absolute Gasteiger partial charge is 0.339 e. The third-order valence-corrected chi connectivity index (χ3v) is 8.59. The molecule has 0 atom stereocenters. The Morgan fingerprint density at radius 3 is 2.44 bits per heavy atom. The van der Waals surface area contributed by atoms with Gasteiger partial charge in [-0.3, -0.25) is 14.2 Å². The van der Waals surface area contributed by atoms with E-state index < -0.39 is 10.0 Å². The molecule has 178 valence electrons. The minimum atomic E-state index is -3.59. The van der Waals surface area contributed by atoms with Gasteiger partial charge in [0.05, 0.1) is 21.6 Å². The van der Waals surface area contributed by atoms with Gasteiger partial charge in [-0.05, 0) is 31.2 Å². The molecule has 0 aliphatic carbocycles. The Morgan fingerprint density at radius 2 is 1.76 bits per heavy atom. The molecule has 0 bridgehead atoms. The zero-order valence-electron chi connectivity index (χ0n) is 18.9. The molecule has 4 rings (SSSR count). The fourth-order valence-electron chi connectivity index (χ4n) is 3.80. The predicted molar refractivity (Wildman–Crippen MR) is 133 cm³/mol. The van der Waals surface area contributed by atoms with E-state index in [4.69, 9.17) is 0 Å². The molecule has 1 saturated heterocycles. The van der Waals surface area contributed by atoms with Gasteiger partial charge in [-0.25, -0.2) is 13.4 Å². The molecule has 10 heteroatoms. The van der Waals surface area contributed by atoms with Gasteiger partial charge in [-0.15, -0.1) is 6.58 Å². The fourth-order valence-corrected chi connectivity index (χ4v) is 6.14. The van der Waals surface area contributed by atoms with Crippen LogP contribution in [-0.2, 0) is 21.4 Å². The molecule has 1 aliphatic heterocycles. The van der Waals surface area contributed by atoms with E-state index in [1.165, 1.54) is 20.6 Å². The summed E-state index contributed by atoms with van der Waals surface area (Å²) in [5.74, 6) is -0.0166. The van der Waals surface area contributed by atoms with Crippen LogP contribution in [0.15, 0.2) is 76.0 Å². The summed E-state index contributed by atoms with van der Waals surface area (Å²) in [7, 11) is -3.59. The van der Waals surface area contributed by atoms with E-state index in [2.05, 4.69) is 11.6 Å². The van der Waals surface area contributed by atoms with Gasteiger partial charge in [0, 0.05) is 32.7 Å². The zero-order chi connectivity index (χ0) is 24.3. The van der Waals surface area contributed by atoms with Crippen molar-refractivity contribution in [1.82, 2.24) is 18.8 Å². The van der Waals surface area contributed by atoms with Crippen molar-refractivity contribution in [3.63, 3.8) is 0 Å². The van der Waals surface area contributed by atoms with E-state index in [0.717, 1.165) is 5.56 Å². The molecule has 0 unspecified atom stereocenters. The Kier molecular flexibility index (Phi) is 7.20. The number of aryl methyl sites for hydroxylation is 1. The number of carbonyl (C=O) groups excluding carboxylic acids is 1. The number of para-hydroxylation sites is 1. The Labute approximate surface area is 203 Å². The second-order valence-electron chi connectivity index (χ2n) is 8.00. The molecule has 1 amide bonds. The van der Waals surface area contributed by atoms with E-state index >= 15 is 0 Å². The van der Waals surface area contributed by atoms with Crippen LogP contribution in [0.4, 0.5) is 0 Å². The lowest BCUT2D eigenvalue weighted by molar-refractivity contribution is -0.129. The molecule has 0 N–H and O–H groups in total. The van der Waals surface area contributed by atoms with Crippen molar-refractivity contribution >= 4 is 38.6 Å². The highest BCUT2D eigenvalue weighted by Crippen LogP contribution is 2.21. The first-order valence-electron chi connectivity index (χ1n) is 10.9. The maximum absolute atomic E-state index is 12.9. The lowest BCUT2D eigenvalue weighted by Gasteiger charge is -2.34. The number of sulfonamides is 1. The number of thioether (sulfide) groups is 1. The first kappa shape index (κ1) is 24.2. The topological polar surface area (TPSA) is 92.6 Å². The number of hydrogen-bond donors (Lipinski definition) is 0. The number of nitrogens with zero attached hydrogens (tertiary/aromatic N) is 4. The van der Waals surface area contributed by atoms with Gasteiger partial charge in [0.1, 0.15) is 0 Å². The normalized spacial score (nSPS) is 14.9. The highest BCUT2D eigenvalue weighted by atomic mass is 32.2. The zero-order valence-corrected chi connectivity index (χ0v) is 20.5. The molecule has 0 saturated carbocycles. The third kappa shape index (κ3) is 4.94. The number of allylic oxidation sites excluding steroid dienone is 1. The van der Waals surface area contributed by atoms with Crippen LogP contribution in [0.1, 0.15) is 5.56 Å². The van der Waals surface area contributed by atoms with Crippen LogP contribution < -0.4 is 5.56 Å². The third-order valence-electron chi connectivity index (χ3n) is 5.71. The summed E-state index contributed by atoms with van der Waals surface area (Å²) >= 11 is 1.20. The number of rotatable bonds is 7. The molecule has 2 heterocycles. The van der Waals surface area contributed by atoms with Crippen molar-refractivity contribution in [2.75, 3.05) is 31.9 Å². The van der Waals surface area contributed by atoms with Crippen molar-refractivity contribution in [1.29, 1.82) is 0 Å². The summed E-state index contributed by atoms with van der Waals surface area (Å²) in [5, 5.41) is 0.975. The summed E-state index contributed by atoms with van der Waals surface area (Å²) in [6.45, 7) is 7.02. The average Bonchev–Trinajstić information content (AvgIpc) is 2.85. The summed E-state index contributed by atoms with van der Waals surface area (Å²) < 4.78 is 28.7. The standard InChI is InChI=1S/C24H26N4O4S2/c1-3-12-28-23(30)20-6-4-5-7-21(20)25-24(28)33-17-22(29)26-13-15-27(16-14-26)34(31,32)19-10-8-18(2)9-11-19/h3-11H,1,12-17H2,2H3. The van der Waals surface area contributed by atoms with Crippen LogP contribution in [0.25, 0.3) is 10.9 Å². The SMILES string of the molecule is C=CCn1c(SCC(=O)N2CCN(S(=O)(=O)c3ccc(C)cc3)CC2)nc2ccccc2c1=O. The number of aromatic nitrogens is 2. The number of fused-ring (bicyclic) bond motifs is 1. The van der Waals surface area contributed by atoms with Crippen LogP contribution >= 0.6 is 11.8 Å². The monoisotopic (exact) mass is 498 g/mol. The van der Waals surface area contributed by atoms with Crippen LogP contribution in [0.3, 0.4) is 0 Å². The van der Waals surface area contributed by atoms with Crippen molar-refractivity contribution in [3.8, 4) is 0 Å². The smallest absolute Gasteiger partial charge is 0.262 e. The first-order valence-corrected chi connectivity index (χ1v) is 13.3. The van der Waals surface area contributed by atoms with Crippen LogP contribution in [0.5, 0.6) is 0 Å². The van der Waals surface area contributed by atoms with E-state index in [1.54, 1.807) is 53.4 Å². The van der Waals surface area contributed by atoms with Gasteiger partial charge in [0.25, 0.3) is 5.56 Å². The van der Waals surface area contributed by atoms with E-state index in [-0.39, 0.29) is 35.2 Å². The van der Waals surface area contributed by atoms with Gasteiger partial charge >= 0.3 is 0 Å². The summed E-state index contributed by atoms with van der Waals surface area (Å²) in [4.78, 5) is 32.2. The molecule has 1 fully saturated rings. The van der Waals surface area contributed by atoms with Crippen molar-refractivity contribution in [2.24, 2.45) is 0 Å². The quantitative estimate of drug-likeness (QED) is 0.282.